The van der Waals surface area contributed by atoms with Gasteiger partial charge in [0.2, 0.25) is 5.91 Å². The van der Waals surface area contributed by atoms with Crippen molar-refractivity contribution in [2.24, 2.45) is 0 Å². The molecule has 4 rings (SSSR count). The third kappa shape index (κ3) is 4.30. The van der Waals surface area contributed by atoms with E-state index in [0.29, 0.717) is 20.9 Å². The van der Waals surface area contributed by atoms with Crippen LogP contribution in [0.3, 0.4) is 0 Å². The van der Waals surface area contributed by atoms with E-state index < -0.39 is 22.5 Å². The maximum atomic E-state index is 13.9. The number of hydroxylamine groups is 1. The zero-order valence-corrected chi connectivity index (χ0v) is 17.9. The summed E-state index contributed by atoms with van der Waals surface area (Å²) in [5, 5.41) is 8.90. The first-order valence-electron chi connectivity index (χ1n) is 9.80. The largest absolute Gasteiger partial charge is 0.289 e. The lowest BCUT2D eigenvalue weighted by molar-refractivity contribution is -0.128. The minimum atomic E-state index is -1.43. The molecule has 4 nitrogen and oxygen atoms in total. The summed E-state index contributed by atoms with van der Waals surface area (Å²) in [5.41, 5.74) is 6.17. The Bertz CT molecular complexity index is 1280. The summed E-state index contributed by atoms with van der Waals surface area (Å²) in [6.07, 6.45) is 1.84. The van der Waals surface area contributed by atoms with Gasteiger partial charge in [-0.3, -0.25) is 10.0 Å². The minimum Gasteiger partial charge on any atom is -0.289 e. The number of rotatable bonds is 5. The second kappa shape index (κ2) is 8.98. The second-order valence-electron chi connectivity index (χ2n) is 7.35. The van der Waals surface area contributed by atoms with E-state index in [-0.39, 0.29) is 12.2 Å². The van der Waals surface area contributed by atoms with E-state index in [1.54, 1.807) is 23.7 Å². The lowest BCUT2D eigenvalue weighted by Crippen LogP contribution is -2.18. The second-order valence-corrected chi connectivity index (χ2v) is 8.84. The van der Waals surface area contributed by atoms with Crippen molar-refractivity contribution in [1.82, 2.24) is 5.48 Å². The van der Waals surface area contributed by atoms with Crippen molar-refractivity contribution in [2.75, 3.05) is 0 Å². The quantitative estimate of drug-likeness (QED) is 0.406. The molecule has 162 valence electrons. The molecule has 0 saturated carbocycles. The normalized spacial score (nSPS) is 15.1. The molecule has 0 bridgehead atoms. The van der Waals surface area contributed by atoms with Crippen molar-refractivity contribution in [1.29, 1.82) is 0 Å². The Balaban J connectivity index is 1.68. The first kappa shape index (κ1) is 21.8. The molecule has 0 saturated heterocycles. The Hall–Kier alpha value is -3.42. The first-order chi connectivity index (χ1) is 15.4. The summed E-state index contributed by atoms with van der Waals surface area (Å²) in [7, 11) is -1.43. The van der Waals surface area contributed by atoms with Gasteiger partial charge in [0.15, 0.2) is 0 Å². The van der Waals surface area contributed by atoms with E-state index in [0.717, 1.165) is 22.3 Å². The lowest BCUT2D eigenvalue weighted by atomic mass is 10.0. The van der Waals surface area contributed by atoms with Crippen molar-refractivity contribution < 1.29 is 23.0 Å². The van der Waals surface area contributed by atoms with Gasteiger partial charge in [-0.1, -0.05) is 18.2 Å². The molecule has 32 heavy (non-hydrogen) atoms. The fraction of sp³-hybridized carbons (Fsp3) is 0.0800. The first-order valence-corrected chi connectivity index (χ1v) is 10.9. The van der Waals surface area contributed by atoms with Crippen molar-refractivity contribution >= 4 is 33.9 Å². The number of hydrogen-bond donors (Lipinski definition) is 2. The van der Waals surface area contributed by atoms with Crippen molar-refractivity contribution in [2.45, 2.75) is 23.1 Å². The molecule has 1 aliphatic carbocycles. The maximum Gasteiger partial charge on any atom is 0.247 e. The third-order valence-electron chi connectivity index (χ3n) is 5.35. The number of halogens is 2. The van der Waals surface area contributed by atoms with Crippen LogP contribution in [0.25, 0.3) is 17.2 Å². The Kier molecular flexibility index (Phi) is 6.12. The number of nitrogens with one attached hydrogen (secondary N) is 1. The summed E-state index contributed by atoms with van der Waals surface area (Å²) < 4.78 is 39.7. The highest BCUT2D eigenvalue weighted by Crippen LogP contribution is 2.43. The number of amides is 1. The molecule has 0 heterocycles. The number of carbonyl (C=O) groups excluding carboxylic acids is 1. The molecule has 0 aliphatic heterocycles. The summed E-state index contributed by atoms with van der Waals surface area (Å²) in [4.78, 5) is 12.8. The SMILES string of the molecule is CC1=C(CC(=O)NO)c2cc(F)ccc2/C1=C\c1ccc(S(=O)c2ccc(F)cc2)cc1. The van der Waals surface area contributed by atoms with Crippen LogP contribution in [-0.2, 0) is 15.6 Å². The molecule has 7 heteroatoms. The smallest absolute Gasteiger partial charge is 0.247 e. The average molecular weight is 451 g/mol. The van der Waals surface area contributed by atoms with Gasteiger partial charge in [0.25, 0.3) is 0 Å². The molecular weight excluding hydrogens is 432 g/mol. The van der Waals surface area contributed by atoms with E-state index in [2.05, 4.69) is 0 Å². The fourth-order valence-electron chi connectivity index (χ4n) is 3.73. The highest BCUT2D eigenvalue weighted by Gasteiger charge is 2.25. The Morgan fingerprint density at radius 2 is 1.53 bits per heavy atom. The predicted octanol–water partition coefficient (Wildman–Crippen LogP) is 5.35. The molecule has 0 fully saturated rings. The molecule has 1 amide bonds. The van der Waals surface area contributed by atoms with Crippen LogP contribution in [0.5, 0.6) is 0 Å². The topological polar surface area (TPSA) is 66.4 Å². The van der Waals surface area contributed by atoms with E-state index in [9.17, 15) is 17.8 Å². The van der Waals surface area contributed by atoms with Crippen LogP contribution in [0, 0.1) is 11.6 Å². The van der Waals surface area contributed by atoms with Crippen LogP contribution in [0.15, 0.2) is 82.1 Å². The van der Waals surface area contributed by atoms with Gasteiger partial charge in [-0.15, -0.1) is 0 Å². The van der Waals surface area contributed by atoms with Crippen LogP contribution in [-0.4, -0.2) is 15.3 Å². The van der Waals surface area contributed by atoms with Crippen LogP contribution >= 0.6 is 0 Å². The highest BCUT2D eigenvalue weighted by atomic mass is 32.2. The summed E-state index contributed by atoms with van der Waals surface area (Å²) in [5.74, 6) is -1.38. The van der Waals surface area contributed by atoms with E-state index >= 15 is 0 Å². The van der Waals surface area contributed by atoms with Crippen molar-refractivity contribution in [3.63, 3.8) is 0 Å². The summed E-state index contributed by atoms with van der Waals surface area (Å²) in [6.45, 7) is 1.85. The lowest BCUT2D eigenvalue weighted by Gasteiger charge is -2.06. The zero-order chi connectivity index (χ0) is 22.8. The van der Waals surface area contributed by atoms with Gasteiger partial charge >= 0.3 is 0 Å². The number of hydrogen-bond acceptors (Lipinski definition) is 3. The Morgan fingerprint density at radius 3 is 2.16 bits per heavy atom. The third-order valence-corrected chi connectivity index (χ3v) is 6.75. The molecule has 3 aromatic carbocycles. The van der Waals surface area contributed by atoms with Crippen LogP contribution in [0.2, 0.25) is 0 Å². The standard InChI is InChI=1S/C25H19F2NO3S/c1-15-22(21-11-6-18(27)13-24(21)23(15)14-25(29)28-30)12-16-2-7-19(8-3-16)32(31)20-9-4-17(26)5-10-20/h2-13,30H,14H2,1H3,(H,28,29)/b22-12-. The molecule has 0 radical (unpaired) electrons. The minimum absolute atomic E-state index is 0.0777. The number of allylic oxidation sites excluding steroid dienone is 2. The van der Waals surface area contributed by atoms with Gasteiger partial charge in [-0.2, -0.15) is 0 Å². The van der Waals surface area contributed by atoms with Crippen LogP contribution in [0.4, 0.5) is 8.78 Å². The molecular formula is C25H19F2NO3S. The van der Waals surface area contributed by atoms with Crippen molar-refractivity contribution in [3.8, 4) is 0 Å². The van der Waals surface area contributed by atoms with Gasteiger partial charge in [0, 0.05) is 9.79 Å². The zero-order valence-electron chi connectivity index (χ0n) is 17.1. The molecule has 1 unspecified atom stereocenters. The summed E-state index contributed by atoms with van der Waals surface area (Å²) in [6, 6.07) is 17.1. The summed E-state index contributed by atoms with van der Waals surface area (Å²) >= 11 is 0. The van der Waals surface area contributed by atoms with E-state index in [1.807, 2.05) is 25.1 Å². The average Bonchev–Trinajstić information content (AvgIpc) is 3.04. The van der Waals surface area contributed by atoms with Crippen LogP contribution < -0.4 is 5.48 Å². The molecule has 3 aromatic rings. The van der Waals surface area contributed by atoms with Gasteiger partial charge < -0.3 is 0 Å². The van der Waals surface area contributed by atoms with E-state index in [4.69, 9.17) is 5.21 Å². The molecule has 1 aliphatic rings. The van der Waals surface area contributed by atoms with Gasteiger partial charge in [0.05, 0.1) is 17.2 Å². The molecule has 1 atom stereocenters. The Labute approximate surface area is 186 Å². The Morgan fingerprint density at radius 1 is 0.938 bits per heavy atom. The monoisotopic (exact) mass is 451 g/mol. The highest BCUT2D eigenvalue weighted by molar-refractivity contribution is 7.85. The molecule has 0 aromatic heterocycles. The molecule has 2 N–H and O–H groups in total. The molecule has 0 spiro atoms. The number of carbonyl (C=O) groups is 1. The fourth-order valence-corrected chi connectivity index (χ4v) is 4.77. The van der Waals surface area contributed by atoms with Gasteiger partial charge in [-0.05, 0) is 94.9 Å². The van der Waals surface area contributed by atoms with E-state index in [1.165, 1.54) is 36.4 Å². The maximum absolute atomic E-state index is 13.9. The predicted molar refractivity (Wildman–Crippen MR) is 119 cm³/mol. The van der Waals surface area contributed by atoms with Crippen molar-refractivity contribution in [3.05, 3.63) is 101 Å². The number of fused-ring (bicyclic) bond motifs is 1. The number of benzene rings is 3. The van der Waals surface area contributed by atoms with Gasteiger partial charge in [0.1, 0.15) is 11.6 Å². The van der Waals surface area contributed by atoms with Crippen LogP contribution in [0.1, 0.15) is 30.0 Å². The van der Waals surface area contributed by atoms with Gasteiger partial charge in [-0.25, -0.2) is 18.5 Å².